The summed E-state index contributed by atoms with van der Waals surface area (Å²) in [5.41, 5.74) is 2.05. The van der Waals surface area contributed by atoms with Crippen molar-refractivity contribution in [1.82, 2.24) is 0 Å². The van der Waals surface area contributed by atoms with Gasteiger partial charge in [-0.25, -0.2) is 4.99 Å². The lowest BCUT2D eigenvalue weighted by molar-refractivity contribution is -0.137. The molecule has 0 aliphatic carbocycles. The van der Waals surface area contributed by atoms with E-state index in [-0.39, 0.29) is 17.3 Å². The minimum absolute atomic E-state index is 0.0110. The molecule has 1 saturated heterocycles. The van der Waals surface area contributed by atoms with Crippen LogP contribution in [0, 0.1) is 11.3 Å². The van der Waals surface area contributed by atoms with Gasteiger partial charge in [-0.1, -0.05) is 51.5 Å². The Labute approximate surface area is 143 Å². The van der Waals surface area contributed by atoms with Crippen LogP contribution in [-0.4, -0.2) is 16.3 Å². The van der Waals surface area contributed by atoms with E-state index in [2.05, 4.69) is 33.8 Å². The van der Waals surface area contributed by atoms with Gasteiger partial charge in [-0.05, 0) is 26.0 Å². The highest BCUT2D eigenvalue weighted by molar-refractivity contribution is 8.16. The lowest BCUT2D eigenvalue weighted by Gasteiger charge is -2.43. The first-order valence-corrected chi connectivity index (χ1v) is 8.81. The number of aliphatic imine (C=N–C) groups is 1. The van der Waals surface area contributed by atoms with E-state index in [9.17, 15) is 4.79 Å². The van der Waals surface area contributed by atoms with Crippen LogP contribution in [0.5, 0.6) is 5.75 Å². The number of benzene rings is 1. The summed E-state index contributed by atoms with van der Waals surface area (Å²) in [5, 5.41) is 1.52. The molecule has 0 amide bonds. The molecule has 0 radical (unpaired) electrons. The normalized spacial score (nSPS) is 21.0. The highest BCUT2D eigenvalue weighted by atomic mass is 32.2. The first kappa shape index (κ1) is 17.8. The van der Waals surface area contributed by atoms with Gasteiger partial charge in [0.25, 0.3) is 0 Å². The van der Waals surface area contributed by atoms with Crippen molar-refractivity contribution >= 4 is 28.5 Å². The Hall–Kier alpha value is -1.55. The molecule has 1 heterocycles. The number of carbonyl (C=O) groups is 1. The van der Waals surface area contributed by atoms with Crippen LogP contribution in [0.4, 0.5) is 5.69 Å². The fourth-order valence-electron chi connectivity index (χ4n) is 2.17. The zero-order valence-corrected chi connectivity index (χ0v) is 15.5. The molecule has 0 saturated carbocycles. The molecule has 3 nitrogen and oxygen atoms in total. The fraction of sp³-hybridized carbons (Fsp3) is 0.474. The molecular formula is C19H25NO2S. The lowest BCUT2D eigenvalue weighted by Crippen LogP contribution is -2.43. The van der Waals surface area contributed by atoms with Crippen LogP contribution in [0.15, 0.2) is 40.9 Å². The van der Waals surface area contributed by atoms with Crippen molar-refractivity contribution in [3.63, 3.8) is 0 Å². The molecule has 2 rings (SSSR count). The molecule has 1 aliphatic heterocycles. The van der Waals surface area contributed by atoms with Crippen molar-refractivity contribution in [3.05, 3.63) is 35.9 Å². The number of thioether (sulfide) groups is 1. The molecule has 1 atom stereocenters. The Morgan fingerprint density at radius 3 is 2.52 bits per heavy atom. The van der Waals surface area contributed by atoms with Crippen LogP contribution in [0.3, 0.4) is 0 Å². The van der Waals surface area contributed by atoms with Gasteiger partial charge >= 0.3 is 5.97 Å². The van der Waals surface area contributed by atoms with E-state index >= 15 is 0 Å². The number of rotatable bonds is 4. The van der Waals surface area contributed by atoms with Crippen molar-refractivity contribution in [2.75, 3.05) is 0 Å². The van der Waals surface area contributed by atoms with E-state index in [4.69, 9.17) is 9.73 Å². The quantitative estimate of drug-likeness (QED) is 0.422. The zero-order chi connectivity index (χ0) is 17.2. The predicted molar refractivity (Wildman–Crippen MR) is 98.6 cm³/mol. The Morgan fingerprint density at radius 1 is 1.30 bits per heavy atom. The van der Waals surface area contributed by atoms with Crippen molar-refractivity contribution in [1.29, 1.82) is 0 Å². The standard InChI is InChI=1S/C19H25NO2S/c1-12(2)11-16-19(5,6)18(23-16)20-14-9-7-8-10-15(14)22-17(21)13(3)4/h7-11,13,16H,1-6H3. The minimum atomic E-state index is -0.236. The molecule has 0 N–H and O–H groups in total. The number of esters is 1. The van der Waals surface area contributed by atoms with E-state index in [0.29, 0.717) is 16.7 Å². The predicted octanol–water partition coefficient (Wildman–Crippen LogP) is 5.39. The van der Waals surface area contributed by atoms with Gasteiger partial charge in [0.1, 0.15) is 5.69 Å². The number of para-hydroxylation sites is 2. The molecule has 4 heteroatoms. The molecule has 23 heavy (non-hydrogen) atoms. The molecule has 1 fully saturated rings. The molecule has 1 unspecified atom stereocenters. The van der Waals surface area contributed by atoms with Gasteiger partial charge in [0.15, 0.2) is 5.75 Å². The van der Waals surface area contributed by atoms with Crippen LogP contribution in [-0.2, 0) is 4.79 Å². The highest BCUT2D eigenvalue weighted by Gasteiger charge is 2.45. The average Bonchev–Trinajstić information content (AvgIpc) is 2.47. The molecule has 0 spiro atoms. The molecule has 1 aromatic carbocycles. The van der Waals surface area contributed by atoms with E-state index in [1.165, 1.54) is 5.57 Å². The molecular weight excluding hydrogens is 306 g/mol. The average molecular weight is 331 g/mol. The maximum Gasteiger partial charge on any atom is 0.313 e. The van der Waals surface area contributed by atoms with Crippen molar-refractivity contribution in [2.24, 2.45) is 16.3 Å². The van der Waals surface area contributed by atoms with Gasteiger partial charge in [0.05, 0.1) is 11.0 Å². The van der Waals surface area contributed by atoms with Gasteiger partial charge in [0, 0.05) is 10.7 Å². The van der Waals surface area contributed by atoms with Crippen molar-refractivity contribution in [2.45, 2.75) is 46.8 Å². The van der Waals surface area contributed by atoms with E-state index in [1.54, 1.807) is 17.8 Å². The first-order chi connectivity index (χ1) is 10.7. The number of hydrogen-bond acceptors (Lipinski definition) is 4. The van der Waals surface area contributed by atoms with Crippen LogP contribution >= 0.6 is 11.8 Å². The molecule has 124 valence electrons. The zero-order valence-electron chi connectivity index (χ0n) is 14.7. The third-order valence-electron chi connectivity index (χ3n) is 3.76. The third kappa shape index (κ3) is 4.05. The van der Waals surface area contributed by atoms with Gasteiger partial charge in [-0.2, -0.15) is 0 Å². The number of ether oxygens (including phenoxy) is 1. The fourth-order valence-corrected chi connectivity index (χ4v) is 3.55. The molecule has 1 aromatic rings. The summed E-state index contributed by atoms with van der Waals surface area (Å²) in [7, 11) is 0. The van der Waals surface area contributed by atoms with Gasteiger partial charge < -0.3 is 4.74 Å². The smallest absolute Gasteiger partial charge is 0.313 e. The number of nitrogens with zero attached hydrogens (tertiary/aromatic N) is 1. The lowest BCUT2D eigenvalue weighted by atomic mass is 9.87. The summed E-state index contributed by atoms with van der Waals surface area (Å²) < 4.78 is 5.47. The second-order valence-electron chi connectivity index (χ2n) is 6.96. The summed E-state index contributed by atoms with van der Waals surface area (Å²) in [5.74, 6) is 0.133. The minimum Gasteiger partial charge on any atom is -0.424 e. The summed E-state index contributed by atoms with van der Waals surface area (Å²) in [6.45, 7) is 12.3. The number of hydrogen-bond donors (Lipinski definition) is 0. The monoisotopic (exact) mass is 331 g/mol. The van der Waals surface area contributed by atoms with Crippen LogP contribution in [0.2, 0.25) is 0 Å². The summed E-state index contributed by atoms with van der Waals surface area (Å²) >= 11 is 1.77. The SMILES string of the molecule is CC(C)=CC1SC(=Nc2ccccc2OC(=O)C(C)C)C1(C)C. The van der Waals surface area contributed by atoms with Gasteiger partial charge in [-0.3, -0.25) is 4.79 Å². The van der Waals surface area contributed by atoms with Crippen molar-refractivity contribution in [3.8, 4) is 5.75 Å². The van der Waals surface area contributed by atoms with Crippen LogP contribution in [0.25, 0.3) is 0 Å². The third-order valence-corrected chi connectivity index (χ3v) is 5.57. The van der Waals surface area contributed by atoms with E-state index in [1.807, 2.05) is 32.0 Å². The maximum atomic E-state index is 11.9. The second-order valence-corrected chi connectivity index (χ2v) is 8.09. The number of allylic oxidation sites excluding steroid dienone is 1. The largest absolute Gasteiger partial charge is 0.424 e. The van der Waals surface area contributed by atoms with E-state index in [0.717, 1.165) is 5.04 Å². The topological polar surface area (TPSA) is 38.7 Å². The molecule has 1 aliphatic rings. The Bertz CT molecular complexity index is 655. The van der Waals surface area contributed by atoms with Crippen LogP contribution in [0.1, 0.15) is 41.5 Å². The highest BCUT2D eigenvalue weighted by Crippen LogP contribution is 2.50. The van der Waals surface area contributed by atoms with E-state index < -0.39 is 0 Å². The summed E-state index contributed by atoms with van der Waals surface area (Å²) in [6, 6.07) is 7.46. The molecule has 0 aromatic heterocycles. The summed E-state index contributed by atoms with van der Waals surface area (Å²) in [4.78, 5) is 16.6. The Morgan fingerprint density at radius 2 is 1.96 bits per heavy atom. The number of carbonyl (C=O) groups excluding carboxylic acids is 1. The second kappa shape index (κ2) is 6.91. The van der Waals surface area contributed by atoms with Gasteiger partial charge in [0.2, 0.25) is 0 Å². The Kier molecular flexibility index (Phi) is 5.35. The van der Waals surface area contributed by atoms with Gasteiger partial charge in [-0.15, -0.1) is 11.8 Å². The Balaban J connectivity index is 2.24. The molecule has 0 bridgehead atoms. The first-order valence-electron chi connectivity index (χ1n) is 7.93. The van der Waals surface area contributed by atoms with Crippen molar-refractivity contribution < 1.29 is 9.53 Å². The van der Waals surface area contributed by atoms with Crippen LogP contribution < -0.4 is 4.74 Å². The summed E-state index contributed by atoms with van der Waals surface area (Å²) in [6.07, 6.45) is 2.29. The maximum absolute atomic E-state index is 11.9.